The Hall–Kier alpha value is -2.94. The molecule has 2 aromatic rings. The lowest BCUT2D eigenvalue weighted by Gasteiger charge is -2.03. The van der Waals surface area contributed by atoms with Gasteiger partial charge in [0.25, 0.3) is 5.91 Å². The van der Waals surface area contributed by atoms with Crippen LogP contribution in [-0.4, -0.2) is 36.3 Å². The van der Waals surface area contributed by atoms with Gasteiger partial charge in [-0.05, 0) is 24.6 Å². The molecule has 132 valence electrons. The van der Waals surface area contributed by atoms with Crippen LogP contribution in [0.15, 0.2) is 34.7 Å². The van der Waals surface area contributed by atoms with Crippen LogP contribution in [0.25, 0.3) is 0 Å². The molecule has 1 aromatic carbocycles. The number of ether oxygens (including phenoxy) is 2. The van der Waals surface area contributed by atoms with Crippen molar-refractivity contribution in [2.24, 2.45) is 10.8 Å². The second kappa shape index (κ2) is 9.38. The number of anilines is 1. The number of nitrogens with zero attached hydrogens (tertiary/aromatic N) is 2. The summed E-state index contributed by atoms with van der Waals surface area (Å²) in [5.41, 5.74) is 9.24. The number of esters is 1. The van der Waals surface area contributed by atoms with Gasteiger partial charge in [-0.25, -0.2) is 4.98 Å². The molecule has 0 saturated carbocycles. The summed E-state index contributed by atoms with van der Waals surface area (Å²) < 4.78 is 10.1. The number of aromatic nitrogens is 1. The highest BCUT2D eigenvalue weighted by atomic mass is 32.1. The van der Waals surface area contributed by atoms with Crippen molar-refractivity contribution < 1.29 is 19.1 Å². The van der Waals surface area contributed by atoms with Crippen molar-refractivity contribution >= 4 is 34.6 Å². The summed E-state index contributed by atoms with van der Waals surface area (Å²) in [5.74, 6) is -0.326. The second-order valence-electron chi connectivity index (χ2n) is 4.82. The molecule has 0 aliphatic heterocycles. The van der Waals surface area contributed by atoms with E-state index in [1.54, 1.807) is 36.7 Å². The van der Waals surface area contributed by atoms with Gasteiger partial charge in [-0.3, -0.25) is 15.0 Å². The van der Waals surface area contributed by atoms with E-state index in [2.05, 4.69) is 15.5 Å². The van der Waals surface area contributed by atoms with Crippen LogP contribution < -0.4 is 15.9 Å². The molecule has 0 bridgehead atoms. The van der Waals surface area contributed by atoms with E-state index in [1.165, 1.54) is 11.3 Å². The number of rotatable bonds is 9. The van der Waals surface area contributed by atoms with Crippen molar-refractivity contribution in [3.63, 3.8) is 0 Å². The van der Waals surface area contributed by atoms with Gasteiger partial charge in [-0.15, -0.1) is 11.3 Å². The van der Waals surface area contributed by atoms with Gasteiger partial charge in [0.2, 0.25) is 5.13 Å². The van der Waals surface area contributed by atoms with Crippen LogP contribution >= 0.6 is 11.3 Å². The number of nitrogens with two attached hydrogens (primary N) is 1. The van der Waals surface area contributed by atoms with E-state index in [0.717, 1.165) is 5.56 Å². The molecule has 25 heavy (non-hydrogen) atoms. The highest BCUT2D eigenvalue weighted by Crippen LogP contribution is 2.16. The number of hydrogen-bond donors (Lipinski definition) is 2. The van der Waals surface area contributed by atoms with Crippen molar-refractivity contribution in [3.8, 4) is 5.75 Å². The maximum absolute atomic E-state index is 11.4. The van der Waals surface area contributed by atoms with Gasteiger partial charge in [-0.1, -0.05) is 12.1 Å². The summed E-state index contributed by atoms with van der Waals surface area (Å²) in [6.07, 6.45) is 1.72. The minimum atomic E-state index is -0.539. The molecule has 9 heteroatoms. The van der Waals surface area contributed by atoms with E-state index < -0.39 is 5.91 Å². The Bertz CT molecular complexity index is 760. The van der Waals surface area contributed by atoms with Crippen LogP contribution in [0.1, 0.15) is 18.2 Å². The molecule has 0 spiro atoms. The highest BCUT2D eigenvalue weighted by Gasteiger charge is 2.07. The van der Waals surface area contributed by atoms with Crippen molar-refractivity contribution in [2.45, 2.75) is 13.3 Å². The van der Waals surface area contributed by atoms with Crippen LogP contribution in [0.5, 0.6) is 5.75 Å². The molecule has 0 saturated heterocycles. The lowest BCUT2D eigenvalue weighted by molar-refractivity contribution is -0.142. The Balaban J connectivity index is 1.88. The van der Waals surface area contributed by atoms with Crippen molar-refractivity contribution in [1.82, 2.24) is 4.98 Å². The van der Waals surface area contributed by atoms with Gasteiger partial charge in [-0.2, -0.15) is 5.10 Å². The van der Waals surface area contributed by atoms with Crippen LogP contribution in [0, 0.1) is 0 Å². The molecule has 1 aromatic heterocycles. The zero-order valence-electron chi connectivity index (χ0n) is 13.6. The minimum absolute atomic E-state index is 0.134. The fraction of sp³-hybridized carbons (Fsp3) is 0.250. The third-order valence-corrected chi connectivity index (χ3v) is 3.59. The molecule has 2 rings (SSSR count). The average molecular weight is 362 g/mol. The number of carbonyl (C=O) groups excluding carboxylic acids is 2. The van der Waals surface area contributed by atoms with E-state index >= 15 is 0 Å². The zero-order valence-corrected chi connectivity index (χ0v) is 14.4. The van der Waals surface area contributed by atoms with E-state index in [9.17, 15) is 9.59 Å². The number of amides is 1. The Morgan fingerprint density at radius 3 is 3.04 bits per heavy atom. The third-order valence-electron chi connectivity index (χ3n) is 2.80. The molecule has 0 aliphatic rings. The van der Waals surface area contributed by atoms with Crippen LogP contribution in [0.4, 0.5) is 5.13 Å². The molecule has 0 unspecified atom stereocenters. The average Bonchev–Trinajstić information content (AvgIpc) is 3.01. The summed E-state index contributed by atoms with van der Waals surface area (Å²) in [5, 5.41) is 6.42. The molecule has 0 radical (unpaired) electrons. The molecule has 0 atom stereocenters. The fourth-order valence-electron chi connectivity index (χ4n) is 1.80. The molecular weight excluding hydrogens is 344 g/mol. The Kier molecular flexibility index (Phi) is 6.90. The molecular formula is C16H18N4O4S. The first-order valence-electron chi connectivity index (χ1n) is 7.47. The van der Waals surface area contributed by atoms with Crippen LogP contribution in [-0.2, 0) is 20.7 Å². The normalized spacial score (nSPS) is 10.6. The predicted octanol–water partition coefficient (Wildman–Crippen LogP) is 1.56. The molecule has 1 amide bonds. The third kappa shape index (κ3) is 6.60. The lowest BCUT2D eigenvalue weighted by atomic mass is 10.2. The number of hydrazone groups is 1. The molecule has 0 aliphatic carbocycles. The number of benzene rings is 1. The smallest absolute Gasteiger partial charge is 0.311 e. The van der Waals surface area contributed by atoms with E-state index in [1.807, 2.05) is 6.07 Å². The van der Waals surface area contributed by atoms with Gasteiger partial charge in [0.1, 0.15) is 5.75 Å². The summed E-state index contributed by atoms with van der Waals surface area (Å²) in [6.45, 7) is 1.93. The Morgan fingerprint density at radius 2 is 2.28 bits per heavy atom. The number of carbonyl (C=O) groups is 2. The maximum Gasteiger partial charge on any atom is 0.311 e. The van der Waals surface area contributed by atoms with Crippen molar-refractivity contribution in [3.05, 3.63) is 40.9 Å². The summed E-state index contributed by atoms with van der Waals surface area (Å²) in [7, 11) is 0. The monoisotopic (exact) mass is 362 g/mol. The SMILES string of the molecule is CCOC(=O)Cc1csc(NN=Cc2cccc(OCC(N)=O)c2)n1. The first-order chi connectivity index (χ1) is 12.1. The first kappa shape index (κ1) is 18.4. The standard InChI is InChI=1S/C16H18N4O4S/c1-2-23-15(22)7-12-10-25-16(19-12)20-18-8-11-4-3-5-13(6-11)24-9-14(17)21/h3-6,8,10H,2,7,9H2,1H3,(H2,17,21)(H,19,20). The molecule has 0 fully saturated rings. The van der Waals surface area contributed by atoms with Crippen LogP contribution in [0.3, 0.4) is 0 Å². The van der Waals surface area contributed by atoms with Gasteiger partial charge in [0.05, 0.1) is 24.9 Å². The van der Waals surface area contributed by atoms with E-state index in [4.69, 9.17) is 15.2 Å². The predicted molar refractivity (Wildman–Crippen MR) is 94.8 cm³/mol. The minimum Gasteiger partial charge on any atom is -0.484 e. The van der Waals surface area contributed by atoms with Gasteiger partial charge in [0.15, 0.2) is 6.61 Å². The number of hydrogen-bond acceptors (Lipinski definition) is 8. The number of nitrogens with one attached hydrogen (secondary N) is 1. The maximum atomic E-state index is 11.4. The van der Waals surface area contributed by atoms with Crippen molar-refractivity contribution in [2.75, 3.05) is 18.6 Å². The Morgan fingerprint density at radius 1 is 1.44 bits per heavy atom. The van der Waals surface area contributed by atoms with Gasteiger partial charge < -0.3 is 15.2 Å². The molecule has 3 N–H and O–H groups in total. The summed E-state index contributed by atoms with van der Waals surface area (Å²) in [6, 6.07) is 7.05. The number of thiazole rings is 1. The fourth-order valence-corrected chi connectivity index (χ4v) is 2.46. The van der Waals surface area contributed by atoms with E-state index in [0.29, 0.717) is 23.2 Å². The summed E-state index contributed by atoms with van der Waals surface area (Å²) in [4.78, 5) is 26.4. The molecule has 1 heterocycles. The highest BCUT2D eigenvalue weighted by molar-refractivity contribution is 7.13. The quantitative estimate of drug-likeness (QED) is 0.397. The topological polar surface area (TPSA) is 116 Å². The van der Waals surface area contributed by atoms with Crippen molar-refractivity contribution in [1.29, 1.82) is 0 Å². The second-order valence-corrected chi connectivity index (χ2v) is 5.68. The largest absolute Gasteiger partial charge is 0.484 e. The molecule has 8 nitrogen and oxygen atoms in total. The summed E-state index contributed by atoms with van der Waals surface area (Å²) >= 11 is 1.34. The van der Waals surface area contributed by atoms with Gasteiger partial charge in [0, 0.05) is 5.38 Å². The number of primary amides is 1. The van der Waals surface area contributed by atoms with Crippen LogP contribution in [0.2, 0.25) is 0 Å². The zero-order chi connectivity index (χ0) is 18.1. The van der Waals surface area contributed by atoms with E-state index in [-0.39, 0.29) is 19.0 Å². The Labute approximate surface area is 148 Å². The first-order valence-corrected chi connectivity index (χ1v) is 8.35. The van der Waals surface area contributed by atoms with Gasteiger partial charge >= 0.3 is 5.97 Å². The lowest BCUT2D eigenvalue weighted by Crippen LogP contribution is -2.20.